The van der Waals surface area contributed by atoms with E-state index in [1.54, 1.807) is 7.11 Å². The van der Waals surface area contributed by atoms with Gasteiger partial charge in [0.1, 0.15) is 5.60 Å². The van der Waals surface area contributed by atoms with Gasteiger partial charge in [0.2, 0.25) is 11.7 Å². The van der Waals surface area contributed by atoms with Gasteiger partial charge in [-0.3, -0.25) is 0 Å². The highest BCUT2D eigenvalue weighted by Gasteiger charge is 2.29. The maximum absolute atomic E-state index is 5.31. The molecule has 90 valence electrons. The van der Waals surface area contributed by atoms with Crippen LogP contribution in [0.15, 0.2) is 4.52 Å². The van der Waals surface area contributed by atoms with E-state index in [1.165, 1.54) is 0 Å². The minimum Gasteiger partial charge on any atom is -0.371 e. The number of hydrogen-bond donors (Lipinski definition) is 1. The molecule has 0 radical (unpaired) electrons. The summed E-state index contributed by atoms with van der Waals surface area (Å²) in [7, 11) is 1.64. The fraction of sp³-hybridized carbons (Fsp3) is 0.800. The molecule has 1 saturated heterocycles. The second-order valence-corrected chi connectivity index (χ2v) is 5.40. The minimum atomic E-state index is -0.496. The van der Waals surface area contributed by atoms with Gasteiger partial charge in [-0.2, -0.15) is 16.7 Å². The molecule has 0 saturated carbocycles. The van der Waals surface area contributed by atoms with Crippen molar-refractivity contribution in [3.8, 4) is 0 Å². The van der Waals surface area contributed by atoms with Gasteiger partial charge in [0, 0.05) is 25.2 Å². The van der Waals surface area contributed by atoms with E-state index in [0.29, 0.717) is 11.7 Å². The summed E-state index contributed by atoms with van der Waals surface area (Å²) in [4.78, 5) is 4.40. The number of methoxy groups -OCH3 is 1. The van der Waals surface area contributed by atoms with Gasteiger partial charge in [0.15, 0.2) is 0 Å². The summed E-state index contributed by atoms with van der Waals surface area (Å²) in [6.45, 7) is 4.83. The number of ether oxygens (including phenoxy) is 1. The molecule has 1 atom stereocenters. The van der Waals surface area contributed by atoms with Crippen molar-refractivity contribution in [3.05, 3.63) is 11.7 Å². The molecule has 5 nitrogen and oxygen atoms in total. The summed E-state index contributed by atoms with van der Waals surface area (Å²) in [6, 6.07) is 0.174. The summed E-state index contributed by atoms with van der Waals surface area (Å²) < 4.78 is 10.6. The zero-order valence-corrected chi connectivity index (χ0v) is 10.6. The molecule has 0 amide bonds. The zero-order chi connectivity index (χ0) is 11.6. The monoisotopic (exact) mass is 243 g/mol. The van der Waals surface area contributed by atoms with E-state index in [9.17, 15) is 0 Å². The van der Waals surface area contributed by atoms with Crippen LogP contribution in [-0.2, 0) is 10.3 Å². The number of nitrogens with one attached hydrogen (secondary N) is 1. The Labute approximate surface area is 99.3 Å². The summed E-state index contributed by atoms with van der Waals surface area (Å²) in [5.41, 5.74) is -0.496. The average molecular weight is 243 g/mol. The van der Waals surface area contributed by atoms with Gasteiger partial charge >= 0.3 is 0 Å². The minimum absolute atomic E-state index is 0.174. The third kappa shape index (κ3) is 2.39. The fourth-order valence-corrected chi connectivity index (χ4v) is 2.36. The highest BCUT2D eigenvalue weighted by atomic mass is 32.2. The molecule has 1 aromatic heterocycles. The molecule has 1 aliphatic heterocycles. The van der Waals surface area contributed by atoms with E-state index >= 15 is 0 Å². The van der Waals surface area contributed by atoms with Crippen molar-refractivity contribution >= 4 is 11.8 Å². The Morgan fingerprint density at radius 3 is 3.00 bits per heavy atom. The summed E-state index contributed by atoms with van der Waals surface area (Å²) >= 11 is 1.90. The SMILES string of the molecule is COC(C)(C)c1noc(C2CSCCN2)n1. The first-order valence-electron chi connectivity index (χ1n) is 5.34. The van der Waals surface area contributed by atoms with E-state index in [1.807, 2.05) is 25.6 Å². The van der Waals surface area contributed by atoms with Gasteiger partial charge in [-0.25, -0.2) is 0 Å². The average Bonchev–Trinajstić information content (AvgIpc) is 2.80. The molecule has 1 aliphatic rings. The first-order chi connectivity index (χ1) is 7.63. The molecular weight excluding hydrogens is 226 g/mol. The first-order valence-corrected chi connectivity index (χ1v) is 6.49. The Morgan fingerprint density at radius 2 is 2.38 bits per heavy atom. The Hall–Kier alpha value is -0.590. The van der Waals surface area contributed by atoms with Crippen LogP contribution in [0, 0.1) is 0 Å². The zero-order valence-electron chi connectivity index (χ0n) is 9.82. The summed E-state index contributed by atoms with van der Waals surface area (Å²) in [5, 5.41) is 7.33. The predicted molar refractivity (Wildman–Crippen MR) is 62.4 cm³/mol. The Kier molecular flexibility index (Phi) is 3.51. The van der Waals surface area contributed by atoms with Gasteiger partial charge in [-0.15, -0.1) is 0 Å². The molecule has 0 spiro atoms. The molecule has 0 aliphatic carbocycles. The van der Waals surface area contributed by atoms with Crippen LogP contribution in [0.2, 0.25) is 0 Å². The van der Waals surface area contributed by atoms with Crippen LogP contribution in [0.1, 0.15) is 31.6 Å². The third-order valence-electron chi connectivity index (χ3n) is 2.71. The van der Waals surface area contributed by atoms with Gasteiger partial charge in [0.25, 0.3) is 0 Å². The standard InChI is InChI=1S/C10H17N3O2S/c1-10(2,14-3)9-12-8(15-13-9)7-6-16-5-4-11-7/h7,11H,4-6H2,1-3H3. The van der Waals surface area contributed by atoms with Gasteiger partial charge in [0.05, 0.1) is 6.04 Å². The summed E-state index contributed by atoms with van der Waals surface area (Å²) in [5.74, 6) is 3.38. The van der Waals surface area contributed by atoms with Crippen molar-refractivity contribution < 1.29 is 9.26 Å². The molecule has 0 aromatic carbocycles. The molecule has 2 rings (SSSR count). The topological polar surface area (TPSA) is 60.2 Å². The fourth-order valence-electron chi connectivity index (χ4n) is 1.44. The largest absolute Gasteiger partial charge is 0.371 e. The van der Waals surface area contributed by atoms with Crippen LogP contribution < -0.4 is 5.32 Å². The van der Waals surface area contributed by atoms with Crippen LogP contribution in [0.5, 0.6) is 0 Å². The number of nitrogens with zero attached hydrogens (tertiary/aromatic N) is 2. The van der Waals surface area contributed by atoms with Crippen LogP contribution in [0.4, 0.5) is 0 Å². The van der Waals surface area contributed by atoms with Crippen molar-refractivity contribution in [1.82, 2.24) is 15.5 Å². The molecule has 1 unspecified atom stereocenters. The molecule has 1 aromatic rings. The molecule has 2 heterocycles. The molecule has 6 heteroatoms. The van der Waals surface area contributed by atoms with Gasteiger partial charge < -0.3 is 14.6 Å². The first kappa shape index (κ1) is 11.9. The van der Waals surface area contributed by atoms with Gasteiger partial charge in [-0.1, -0.05) is 5.16 Å². The highest BCUT2D eigenvalue weighted by Crippen LogP contribution is 2.25. The molecular formula is C10H17N3O2S. The van der Waals surface area contributed by atoms with E-state index in [0.717, 1.165) is 18.1 Å². The lowest BCUT2D eigenvalue weighted by Crippen LogP contribution is -2.30. The molecule has 1 fully saturated rings. The van der Waals surface area contributed by atoms with Crippen LogP contribution >= 0.6 is 11.8 Å². The molecule has 0 bridgehead atoms. The maximum atomic E-state index is 5.31. The van der Waals surface area contributed by atoms with Crippen molar-refractivity contribution in [1.29, 1.82) is 0 Å². The van der Waals surface area contributed by atoms with Crippen molar-refractivity contribution in [2.75, 3.05) is 25.2 Å². The lowest BCUT2D eigenvalue weighted by atomic mass is 10.1. The van der Waals surface area contributed by atoms with Crippen LogP contribution in [0.25, 0.3) is 0 Å². The third-order valence-corrected chi connectivity index (χ3v) is 3.77. The number of aromatic nitrogens is 2. The lowest BCUT2D eigenvalue weighted by molar-refractivity contribution is 0.00973. The number of hydrogen-bond acceptors (Lipinski definition) is 6. The van der Waals surface area contributed by atoms with Crippen molar-refractivity contribution in [3.63, 3.8) is 0 Å². The van der Waals surface area contributed by atoms with Crippen molar-refractivity contribution in [2.24, 2.45) is 0 Å². The number of thioether (sulfide) groups is 1. The van der Waals surface area contributed by atoms with Crippen LogP contribution in [0.3, 0.4) is 0 Å². The smallest absolute Gasteiger partial charge is 0.244 e. The number of rotatable bonds is 3. The van der Waals surface area contributed by atoms with Gasteiger partial charge in [-0.05, 0) is 13.8 Å². The Morgan fingerprint density at radius 1 is 1.56 bits per heavy atom. The van der Waals surface area contributed by atoms with E-state index < -0.39 is 5.60 Å². The molecule has 16 heavy (non-hydrogen) atoms. The second-order valence-electron chi connectivity index (χ2n) is 4.25. The Balaban J connectivity index is 2.12. The van der Waals surface area contributed by atoms with E-state index in [-0.39, 0.29) is 6.04 Å². The van der Waals surface area contributed by atoms with E-state index in [4.69, 9.17) is 9.26 Å². The normalized spacial score (nSPS) is 22.3. The van der Waals surface area contributed by atoms with Crippen LogP contribution in [-0.4, -0.2) is 35.3 Å². The quantitative estimate of drug-likeness (QED) is 0.864. The molecule has 1 N–H and O–H groups in total. The summed E-state index contributed by atoms with van der Waals surface area (Å²) in [6.07, 6.45) is 0. The van der Waals surface area contributed by atoms with E-state index in [2.05, 4.69) is 15.5 Å². The predicted octanol–water partition coefficient (Wildman–Crippen LogP) is 1.33. The second kappa shape index (κ2) is 4.73. The Bertz CT molecular complexity index is 348. The van der Waals surface area contributed by atoms with Crippen molar-refractivity contribution in [2.45, 2.75) is 25.5 Å². The highest BCUT2D eigenvalue weighted by molar-refractivity contribution is 7.99. The lowest BCUT2D eigenvalue weighted by Gasteiger charge is -2.20. The maximum Gasteiger partial charge on any atom is 0.244 e.